The molecular formula is C16H19NO10P4. The topological polar surface area (TPSA) is 180 Å². The molecule has 15 heteroatoms. The van der Waals surface area contributed by atoms with Crippen LogP contribution < -0.4 is 5.32 Å². The first-order chi connectivity index (χ1) is 14.3. The van der Waals surface area contributed by atoms with Crippen molar-refractivity contribution in [1.29, 1.82) is 0 Å². The van der Waals surface area contributed by atoms with E-state index in [-0.39, 0.29) is 11.1 Å². The van der Waals surface area contributed by atoms with Gasteiger partial charge in [-0.05, 0) is 11.1 Å². The van der Waals surface area contributed by atoms with Crippen LogP contribution in [0.4, 0.5) is 0 Å². The zero-order chi connectivity index (χ0) is 22.8. The predicted octanol–water partition coefficient (Wildman–Crippen LogP) is 3.17. The molecule has 0 aromatic heterocycles. The van der Waals surface area contributed by atoms with Crippen molar-refractivity contribution in [3.05, 3.63) is 71.8 Å². The predicted molar refractivity (Wildman–Crippen MR) is 110 cm³/mol. The Labute approximate surface area is 177 Å². The molecule has 2 aliphatic heterocycles. The Hall–Kier alpha value is -0.920. The van der Waals surface area contributed by atoms with Gasteiger partial charge in [0.2, 0.25) is 10.0 Å². The molecule has 4 unspecified atom stereocenters. The van der Waals surface area contributed by atoms with Crippen LogP contribution in [0.25, 0.3) is 0 Å². The van der Waals surface area contributed by atoms with Crippen LogP contribution in [-0.4, -0.2) is 29.6 Å². The molecule has 2 bridgehead atoms. The van der Waals surface area contributed by atoms with Gasteiger partial charge in [-0.25, -0.2) is 8.62 Å². The molecule has 4 rings (SSSR count). The van der Waals surface area contributed by atoms with E-state index in [9.17, 15) is 37.8 Å². The summed E-state index contributed by atoms with van der Waals surface area (Å²) in [5.41, 5.74) is 0.562. The van der Waals surface area contributed by atoms with Gasteiger partial charge in [0, 0.05) is 12.8 Å². The largest absolute Gasteiger partial charge is 0.368 e. The molecule has 11 nitrogen and oxygen atoms in total. The number of benzene rings is 2. The summed E-state index contributed by atoms with van der Waals surface area (Å²) in [6.07, 6.45) is -1.32. The standard InChI is InChI=1S/C16H19NO10P4/c18-28(19)15(11-13-7-3-1-4-8-13)17-16(30(22,23)26-28,12-14-9-5-2-6-10-14)31(24,25)27-29(15,20)21/h1-10,17H,11-12H2,(H,18,19)(H,20,21)(H,22,23)(H,24,25). The average molecular weight is 509 g/mol. The fourth-order valence-electron chi connectivity index (χ4n) is 3.74. The maximum Gasteiger partial charge on any atom is 0.368 e. The number of rotatable bonds is 4. The maximum atomic E-state index is 13.1. The highest BCUT2D eigenvalue weighted by atomic mass is 31.3. The maximum absolute atomic E-state index is 13.1. The van der Waals surface area contributed by atoms with Crippen molar-refractivity contribution in [2.75, 3.05) is 0 Å². The highest BCUT2D eigenvalue weighted by Gasteiger charge is 2.83. The Morgan fingerprint density at radius 2 is 0.903 bits per heavy atom. The first kappa shape index (κ1) is 23.2. The second-order valence-electron chi connectivity index (χ2n) is 7.33. The van der Waals surface area contributed by atoms with Crippen LogP contribution in [0.15, 0.2) is 60.7 Å². The van der Waals surface area contributed by atoms with Crippen LogP contribution >= 0.6 is 30.4 Å². The molecule has 2 aromatic carbocycles. The van der Waals surface area contributed by atoms with Crippen LogP contribution in [0.1, 0.15) is 11.1 Å². The lowest BCUT2D eigenvalue weighted by molar-refractivity contribution is 0.190. The highest BCUT2D eigenvalue weighted by Crippen LogP contribution is 2.94. The zero-order valence-electron chi connectivity index (χ0n) is 15.7. The Kier molecular flexibility index (Phi) is 5.47. The smallest absolute Gasteiger partial charge is 0.322 e. The minimum atomic E-state index is -5.42. The van der Waals surface area contributed by atoms with Crippen molar-refractivity contribution in [2.24, 2.45) is 0 Å². The molecule has 0 aliphatic carbocycles. The first-order valence-electron chi connectivity index (χ1n) is 8.89. The number of hydrogen-bond donors (Lipinski definition) is 5. The van der Waals surface area contributed by atoms with Gasteiger partial charge in [-0.2, -0.15) is 0 Å². The second-order valence-corrected chi connectivity index (χ2v) is 16.6. The highest BCUT2D eigenvalue weighted by molar-refractivity contribution is 7.87. The van der Waals surface area contributed by atoms with Crippen LogP contribution in [0.5, 0.6) is 0 Å². The lowest BCUT2D eigenvalue weighted by Crippen LogP contribution is -2.65. The molecular weight excluding hydrogens is 490 g/mol. The third-order valence-electron chi connectivity index (χ3n) is 5.30. The summed E-state index contributed by atoms with van der Waals surface area (Å²) in [5, 5.41) is -3.48. The molecule has 31 heavy (non-hydrogen) atoms. The van der Waals surface area contributed by atoms with Crippen LogP contribution in [0.2, 0.25) is 0 Å². The third-order valence-corrected chi connectivity index (χ3v) is 16.7. The van der Waals surface area contributed by atoms with Crippen LogP contribution in [0.3, 0.4) is 0 Å². The first-order valence-corrected chi connectivity index (χ1v) is 15.2. The second kappa shape index (κ2) is 7.29. The summed E-state index contributed by atoms with van der Waals surface area (Å²) in [5.74, 6) is 0. The monoisotopic (exact) mass is 509 g/mol. The van der Waals surface area contributed by atoms with Gasteiger partial charge in [-0.1, -0.05) is 60.7 Å². The molecule has 4 atom stereocenters. The molecule has 0 saturated carbocycles. The summed E-state index contributed by atoms with van der Waals surface area (Å²) in [7, 11) is -21.7. The third kappa shape index (κ3) is 3.41. The van der Waals surface area contributed by atoms with Gasteiger partial charge < -0.3 is 19.6 Å². The molecule has 2 aromatic rings. The van der Waals surface area contributed by atoms with E-state index in [1.54, 1.807) is 36.4 Å². The van der Waals surface area contributed by atoms with E-state index in [1.807, 2.05) is 0 Å². The molecule has 2 heterocycles. The van der Waals surface area contributed by atoms with E-state index in [2.05, 4.69) is 13.9 Å². The van der Waals surface area contributed by atoms with Crippen LogP contribution in [-0.2, 0) is 39.7 Å². The molecule has 2 fully saturated rings. The van der Waals surface area contributed by atoms with E-state index in [1.165, 1.54) is 24.3 Å². The zero-order valence-corrected chi connectivity index (χ0v) is 19.3. The van der Waals surface area contributed by atoms with Crippen molar-refractivity contribution < 1.29 is 46.5 Å². The van der Waals surface area contributed by atoms with Gasteiger partial charge in [-0.15, -0.1) is 0 Å². The normalized spacial score (nSPS) is 44.6. The van der Waals surface area contributed by atoms with Crippen molar-refractivity contribution in [3.63, 3.8) is 0 Å². The molecule has 168 valence electrons. The molecule has 5 N–H and O–H groups in total. The molecule has 0 radical (unpaired) electrons. The summed E-state index contributed by atoms with van der Waals surface area (Å²) in [6.45, 7) is 0. The average Bonchev–Trinajstić information content (AvgIpc) is 2.64. The lowest BCUT2D eigenvalue weighted by Gasteiger charge is -2.56. The SMILES string of the molecule is O=P1(O)OP(=O)(O)C2(Cc3ccccc3)NC1(Cc1ccccc1)P(=O)(O)OP2(=O)O. The van der Waals surface area contributed by atoms with Crippen LogP contribution in [0, 0.1) is 0 Å². The van der Waals surface area contributed by atoms with E-state index in [0.29, 0.717) is 0 Å². The van der Waals surface area contributed by atoms with Gasteiger partial charge in [0.15, 0.2) is 0 Å². The minimum absolute atomic E-state index is 0.281. The Balaban J connectivity index is 1.96. The van der Waals surface area contributed by atoms with E-state index in [4.69, 9.17) is 0 Å². The molecule has 2 aliphatic rings. The van der Waals surface area contributed by atoms with Gasteiger partial charge >= 0.3 is 30.4 Å². The molecule has 0 spiro atoms. The van der Waals surface area contributed by atoms with Crippen molar-refractivity contribution in [2.45, 2.75) is 22.9 Å². The summed E-state index contributed by atoms with van der Waals surface area (Å²) in [6, 6.07) is 15.5. The van der Waals surface area contributed by atoms with Gasteiger partial charge in [0.05, 0.1) is 0 Å². The van der Waals surface area contributed by atoms with Gasteiger partial charge in [-0.3, -0.25) is 23.6 Å². The quantitative estimate of drug-likeness (QED) is 0.382. The van der Waals surface area contributed by atoms with Crippen molar-refractivity contribution in [3.8, 4) is 0 Å². The van der Waals surface area contributed by atoms with E-state index in [0.717, 1.165) is 0 Å². The van der Waals surface area contributed by atoms with E-state index < -0.39 is 53.3 Å². The minimum Gasteiger partial charge on any atom is -0.322 e. The Morgan fingerprint density at radius 1 is 0.613 bits per heavy atom. The molecule has 0 amide bonds. The van der Waals surface area contributed by atoms with Crippen molar-refractivity contribution in [1.82, 2.24) is 5.32 Å². The van der Waals surface area contributed by atoms with E-state index >= 15 is 0 Å². The lowest BCUT2D eigenvalue weighted by atomic mass is 10.1. The number of nitrogens with one attached hydrogen (secondary N) is 1. The fourth-order valence-corrected chi connectivity index (χ4v) is 15.4. The van der Waals surface area contributed by atoms with Gasteiger partial charge in [0.25, 0.3) is 0 Å². The number of hydrogen-bond acceptors (Lipinski definition) is 7. The summed E-state index contributed by atoms with van der Waals surface area (Å²) in [4.78, 5) is 42.3. The summed E-state index contributed by atoms with van der Waals surface area (Å²) < 4.78 is 61.7. The Bertz CT molecular complexity index is 1070. The Morgan fingerprint density at radius 3 is 1.19 bits per heavy atom. The molecule has 2 saturated heterocycles. The number of fused-ring (bicyclic) bond motifs is 2. The fraction of sp³-hybridized carbons (Fsp3) is 0.250. The summed E-state index contributed by atoms with van der Waals surface area (Å²) >= 11 is 0. The van der Waals surface area contributed by atoms with Crippen molar-refractivity contribution >= 4 is 30.4 Å². The van der Waals surface area contributed by atoms with Gasteiger partial charge in [0.1, 0.15) is 0 Å².